The number of ether oxygens (including phenoxy) is 1. The summed E-state index contributed by atoms with van der Waals surface area (Å²) in [5.74, 6) is 1.80. The minimum absolute atomic E-state index is 0.105. The van der Waals surface area contributed by atoms with Gasteiger partial charge in [0.25, 0.3) is 11.8 Å². The molecule has 1 aliphatic heterocycles. The van der Waals surface area contributed by atoms with Crippen LogP contribution in [0.2, 0.25) is 0 Å². The first kappa shape index (κ1) is 17.7. The first-order valence-electron chi connectivity index (χ1n) is 9.21. The second kappa shape index (κ2) is 7.11. The van der Waals surface area contributed by atoms with Crippen molar-refractivity contribution in [3.8, 4) is 11.4 Å². The lowest BCUT2D eigenvalue weighted by Crippen LogP contribution is -2.35. The summed E-state index contributed by atoms with van der Waals surface area (Å²) in [4.78, 5) is 30.4. The highest BCUT2D eigenvalue weighted by atomic mass is 16.5. The number of rotatable bonds is 5. The number of amides is 2. The molecule has 142 valence electrons. The standard InChI is InChI=1S/C19H23N5O3/c1-24(2)19(26)15-10-9-14(27-15)18(25)20-13-7-5-12(6-8-13)17-21-16(22-23-17)11-3-4-11/h5-8,11,14-15H,3-4,9-10H2,1-2H3,(H,20,25)(H,21,22,23)/t14-,15+/m0/s1. The Balaban J connectivity index is 1.35. The van der Waals surface area contributed by atoms with Crippen LogP contribution < -0.4 is 5.32 Å². The van der Waals surface area contributed by atoms with Crippen molar-refractivity contribution in [1.29, 1.82) is 0 Å². The van der Waals surface area contributed by atoms with E-state index in [0.717, 1.165) is 11.4 Å². The van der Waals surface area contributed by atoms with Gasteiger partial charge in [-0.3, -0.25) is 14.7 Å². The first-order chi connectivity index (χ1) is 13.0. The molecule has 0 bridgehead atoms. The number of hydrogen-bond acceptors (Lipinski definition) is 5. The Bertz CT molecular complexity index is 841. The summed E-state index contributed by atoms with van der Waals surface area (Å²) in [6.45, 7) is 0. The van der Waals surface area contributed by atoms with Crippen LogP contribution in [0.5, 0.6) is 0 Å². The van der Waals surface area contributed by atoms with Gasteiger partial charge in [-0.25, -0.2) is 4.98 Å². The molecule has 2 amide bonds. The highest BCUT2D eigenvalue weighted by molar-refractivity contribution is 5.95. The van der Waals surface area contributed by atoms with Crippen LogP contribution in [0.4, 0.5) is 5.69 Å². The van der Waals surface area contributed by atoms with Gasteiger partial charge < -0.3 is 15.0 Å². The molecular weight excluding hydrogens is 346 g/mol. The van der Waals surface area contributed by atoms with Gasteiger partial charge in [0.2, 0.25) is 0 Å². The average molecular weight is 369 g/mol. The maximum absolute atomic E-state index is 12.4. The fourth-order valence-electron chi connectivity index (χ4n) is 3.17. The Labute approximate surface area is 157 Å². The largest absolute Gasteiger partial charge is 0.355 e. The molecule has 2 heterocycles. The van der Waals surface area contributed by atoms with E-state index >= 15 is 0 Å². The Morgan fingerprint density at radius 3 is 2.48 bits per heavy atom. The van der Waals surface area contributed by atoms with E-state index < -0.39 is 12.2 Å². The van der Waals surface area contributed by atoms with E-state index in [1.54, 1.807) is 14.1 Å². The molecule has 1 saturated carbocycles. The van der Waals surface area contributed by atoms with Gasteiger partial charge >= 0.3 is 0 Å². The molecule has 2 atom stereocenters. The van der Waals surface area contributed by atoms with Gasteiger partial charge in [-0.1, -0.05) is 0 Å². The molecule has 2 N–H and O–H groups in total. The van der Waals surface area contributed by atoms with Crippen molar-refractivity contribution >= 4 is 17.5 Å². The highest BCUT2D eigenvalue weighted by Crippen LogP contribution is 2.38. The maximum Gasteiger partial charge on any atom is 0.253 e. The molecule has 4 rings (SSSR count). The molecular formula is C19H23N5O3. The summed E-state index contributed by atoms with van der Waals surface area (Å²) in [7, 11) is 3.37. The van der Waals surface area contributed by atoms with Crippen LogP contribution in [0.3, 0.4) is 0 Å². The second-order valence-electron chi connectivity index (χ2n) is 7.31. The molecule has 8 heteroatoms. The topological polar surface area (TPSA) is 100 Å². The monoisotopic (exact) mass is 369 g/mol. The summed E-state index contributed by atoms with van der Waals surface area (Å²) >= 11 is 0. The van der Waals surface area contributed by atoms with E-state index in [9.17, 15) is 9.59 Å². The highest BCUT2D eigenvalue weighted by Gasteiger charge is 2.35. The molecule has 0 radical (unpaired) electrons. The van der Waals surface area contributed by atoms with E-state index in [1.165, 1.54) is 17.7 Å². The molecule has 27 heavy (non-hydrogen) atoms. The number of aromatic amines is 1. The summed E-state index contributed by atoms with van der Waals surface area (Å²) in [5.41, 5.74) is 1.57. The fraction of sp³-hybridized carbons (Fsp3) is 0.474. The van der Waals surface area contributed by atoms with Gasteiger partial charge in [-0.15, -0.1) is 0 Å². The predicted molar refractivity (Wildman–Crippen MR) is 99.0 cm³/mol. The van der Waals surface area contributed by atoms with Crippen molar-refractivity contribution in [2.75, 3.05) is 19.4 Å². The Kier molecular flexibility index (Phi) is 4.65. The van der Waals surface area contributed by atoms with Gasteiger partial charge in [-0.2, -0.15) is 5.10 Å². The zero-order valence-corrected chi connectivity index (χ0v) is 15.4. The number of nitrogens with one attached hydrogen (secondary N) is 2. The fourth-order valence-corrected chi connectivity index (χ4v) is 3.17. The third-order valence-corrected chi connectivity index (χ3v) is 4.91. The van der Waals surface area contributed by atoms with Gasteiger partial charge in [0.1, 0.15) is 18.0 Å². The molecule has 8 nitrogen and oxygen atoms in total. The Morgan fingerprint density at radius 1 is 1.11 bits per heavy atom. The van der Waals surface area contributed by atoms with E-state index in [0.29, 0.717) is 30.3 Å². The predicted octanol–water partition coefficient (Wildman–Crippen LogP) is 1.92. The van der Waals surface area contributed by atoms with Gasteiger partial charge in [0, 0.05) is 31.3 Å². The van der Waals surface area contributed by atoms with Crippen LogP contribution >= 0.6 is 0 Å². The van der Waals surface area contributed by atoms with Gasteiger partial charge in [-0.05, 0) is 49.9 Å². The molecule has 2 aromatic rings. The molecule has 1 saturated heterocycles. The van der Waals surface area contributed by atoms with E-state index in [4.69, 9.17) is 4.74 Å². The minimum atomic E-state index is -0.604. The Hall–Kier alpha value is -2.74. The number of carbonyl (C=O) groups excluding carboxylic acids is 2. The van der Waals surface area contributed by atoms with E-state index in [2.05, 4.69) is 20.5 Å². The smallest absolute Gasteiger partial charge is 0.253 e. The quantitative estimate of drug-likeness (QED) is 0.839. The molecule has 1 aromatic heterocycles. The van der Waals surface area contributed by atoms with Crippen LogP contribution in [0, 0.1) is 0 Å². The average Bonchev–Trinajstić information content (AvgIpc) is 3.20. The van der Waals surface area contributed by atoms with Gasteiger partial charge in [0.05, 0.1) is 0 Å². The number of carbonyl (C=O) groups is 2. The molecule has 1 aromatic carbocycles. The van der Waals surface area contributed by atoms with Gasteiger partial charge in [0.15, 0.2) is 5.82 Å². The van der Waals surface area contributed by atoms with Crippen LogP contribution in [0.1, 0.15) is 37.4 Å². The van der Waals surface area contributed by atoms with Crippen LogP contribution in [0.25, 0.3) is 11.4 Å². The summed E-state index contributed by atoms with van der Waals surface area (Å²) in [6, 6.07) is 7.39. The summed E-state index contributed by atoms with van der Waals surface area (Å²) < 4.78 is 5.62. The Morgan fingerprint density at radius 2 is 1.81 bits per heavy atom. The zero-order valence-electron chi connectivity index (χ0n) is 15.4. The van der Waals surface area contributed by atoms with Crippen molar-refractivity contribution in [1.82, 2.24) is 20.1 Å². The van der Waals surface area contributed by atoms with Crippen molar-refractivity contribution in [3.05, 3.63) is 30.1 Å². The number of aromatic nitrogens is 3. The number of anilines is 1. The number of likely N-dealkylation sites (N-methyl/N-ethyl adjacent to an activating group) is 1. The third kappa shape index (κ3) is 3.85. The van der Waals surface area contributed by atoms with Crippen molar-refractivity contribution in [3.63, 3.8) is 0 Å². The summed E-state index contributed by atoms with van der Waals surface area (Å²) in [6.07, 6.45) is 2.29. The SMILES string of the molecule is CN(C)C(=O)[C@H]1CC[C@@H](C(=O)Nc2ccc(-c3n[nH]c(C4CC4)n3)cc2)O1. The van der Waals surface area contributed by atoms with E-state index in [-0.39, 0.29) is 11.8 Å². The minimum Gasteiger partial charge on any atom is -0.355 e. The lowest BCUT2D eigenvalue weighted by molar-refractivity contribution is -0.143. The molecule has 0 unspecified atom stereocenters. The maximum atomic E-state index is 12.4. The lowest BCUT2D eigenvalue weighted by Gasteiger charge is -2.17. The number of benzene rings is 1. The van der Waals surface area contributed by atoms with E-state index in [1.807, 2.05) is 24.3 Å². The molecule has 2 fully saturated rings. The van der Waals surface area contributed by atoms with Crippen LogP contribution in [0.15, 0.2) is 24.3 Å². The van der Waals surface area contributed by atoms with Crippen molar-refractivity contribution in [2.45, 2.75) is 43.8 Å². The van der Waals surface area contributed by atoms with Crippen LogP contribution in [-0.4, -0.2) is 58.2 Å². The van der Waals surface area contributed by atoms with Crippen molar-refractivity contribution in [2.24, 2.45) is 0 Å². The summed E-state index contributed by atoms with van der Waals surface area (Å²) in [5, 5.41) is 10.1. The van der Waals surface area contributed by atoms with Crippen molar-refractivity contribution < 1.29 is 14.3 Å². The molecule has 2 aliphatic rings. The number of H-pyrrole nitrogens is 1. The lowest BCUT2D eigenvalue weighted by atomic mass is 10.1. The third-order valence-electron chi connectivity index (χ3n) is 4.91. The number of nitrogens with zero attached hydrogens (tertiary/aromatic N) is 3. The number of hydrogen-bond donors (Lipinski definition) is 2. The molecule has 0 spiro atoms. The second-order valence-corrected chi connectivity index (χ2v) is 7.31. The molecule has 1 aliphatic carbocycles. The van der Waals surface area contributed by atoms with Crippen LogP contribution in [-0.2, 0) is 14.3 Å². The normalized spacial score (nSPS) is 21.9. The zero-order chi connectivity index (χ0) is 19.0. The first-order valence-corrected chi connectivity index (χ1v) is 9.21.